The first-order valence-electron chi connectivity index (χ1n) is 9.92. The van der Waals surface area contributed by atoms with Gasteiger partial charge >= 0.3 is 0 Å². The van der Waals surface area contributed by atoms with Gasteiger partial charge in [0.25, 0.3) is 5.91 Å². The van der Waals surface area contributed by atoms with Crippen LogP contribution in [0.4, 0.5) is 10.8 Å². The normalized spacial score (nSPS) is 15.7. The highest BCUT2D eigenvalue weighted by Crippen LogP contribution is 2.35. The Bertz CT molecular complexity index is 1220. The van der Waals surface area contributed by atoms with E-state index in [0.29, 0.717) is 11.6 Å². The van der Waals surface area contributed by atoms with E-state index in [-0.39, 0.29) is 17.7 Å². The molecule has 1 aromatic carbocycles. The summed E-state index contributed by atoms with van der Waals surface area (Å²) in [4.78, 5) is 14.1. The van der Waals surface area contributed by atoms with Gasteiger partial charge in [-0.3, -0.25) is 4.79 Å². The molecule has 1 atom stereocenters. The lowest BCUT2D eigenvalue weighted by molar-refractivity contribution is -0.130. The van der Waals surface area contributed by atoms with Crippen LogP contribution in [0.2, 0.25) is 0 Å². The molecule has 1 N–H and O–H groups in total. The number of hydrazone groups is 1. The number of thiophene rings is 1. The van der Waals surface area contributed by atoms with Crippen molar-refractivity contribution in [3.8, 4) is 0 Å². The summed E-state index contributed by atoms with van der Waals surface area (Å²) in [7, 11) is 0. The number of carbonyl (C=O) groups excluding carboxylic acids is 1. The number of anilines is 2. The Hall–Kier alpha value is -2.95. The predicted molar refractivity (Wildman–Crippen MR) is 129 cm³/mol. The lowest BCUT2D eigenvalue weighted by atomic mass is 10.1. The molecule has 10 heteroatoms. The summed E-state index contributed by atoms with van der Waals surface area (Å²) in [6, 6.07) is 15.6. The Morgan fingerprint density at radius 3 is 2.84 bits per heavy atom. The number of aromatic nitrogens is 2. The molecule has 3 aromatic heterocycles. The minimum absolute atomic E-state index is 0.0915. The third kappa shape index (κ3) is 4.62. The van der Waals surface area contributed by atoms with Crippen LogP contribution in [0.1, 0.15) is 28.7 Å². The minimum atomic E-state index is -0.233. The number of nitrogens with zero attached hydrogens (tertiary/aromatic N) is 4. The van der Waals surface area contributed by atoms with Crippen LogP contribution in [-0.2, 0) is 4.79 Å². The molecule has 4 aromatic rings. The lowest BCUT2D eigenvalue weighted by Gasteiger charge is -2.19. The van der Waals surface area contributed by atoms with Crippen molar-refractivity contribution in [3.63, 3.8) is 0 Å². The van der Waals surface area contributed by atoms with E-state index in [9.17, 15) is 4.79 Å². The number of furan rings is 1. The second-order valence-corrected chi connectivity index (χ2v) is 10.3. The van der Waals surface area contributed by atoms with Gasteiger partial charge in [-0.2, -0.15) is 5.10 Å². The average Bonchev–Trinajstić information content (AvgIpc) is 3.60. The highest BCUT2D eigenvalue weighted by atomic mass is 32.2. The van der Waals surface area contributed by atoms with Gasteiger partial charge in [-0.1, -0.05) is 46.9 Å². The van der Waals surface area contributed by atoms with Gasteiger partial charge in [0.15, 0.2) is 4.34 Å². The number of benzene rings is 1. The van der Waals surface area contributed by atoms with Crippen LogP contribution < -0.4 is 5.32 Å². The fourth-order valence-corrected chi connectivity index (χ4v) is 5.65. The topological polar surface area (TPSA) is 83.6 Å². The maximum atomic E-state index is 13.1. The van der Waals surface area contributed by atoms with Crippen molar-refractivity contribution < 1.29 is 9.21 Å². The molecular weight excluding hydrogens is 462 g/mol. The van der Waals surface area contributed by atoms with E-state index in [2.05, 4.69) is 20.6 Å². The highest BCUT2D eigenvalue weighted by Gasteiger charge is 2.35. The first kappa shape index (κ1) is 20.9. The summed E-state index contributed by atoms with van der Waals surface area (Å²) >= 11 is 4.40. The molecule has 0 bridgehead atoms. The number of thioether (sulfide) groups is 1. The minimum Gasteiger partial charge on any atom is -0.467 e. The van der Waals surface area contributed by atoms with E-state index < -0.39 is 0 Å². The lowest BCUT2D eigenvalue weighted by Crippen LogP contribution is -2.28. The van der Waals surface area contributed by atoms with Crippen LogP contribution in [0.3, 0.4) is 0 Å². The molecule has 4 heterocycles. The molecule has 1 aliphatic heterocycles. The Morgan fingerprint density at radius 1 is 1.22 bits per heavy atom. The van der Waals surface area contributed by atoms with Crippen molar-refractivity contribution in [2.24, 2.45) is 5.10 Å². The van der Waals surface area contributed by atoms with Crippen molar-refractivity contribution in [3.05, 3.63) is 76.4 Å². The van der Waals surface area contributed by atoms with Gasteiger partial charge in [0.05, 0.1) is 22.6 Å². The molecule has 0 spiro atoms. The van der Waals surface area contributed by atoms with Gasteiger partial charge in [-0.05, 0) is 42.6 Å². The zero-order chi connectivity index (χ0) is 21.9. The summed E-state index contributed by atoms with van der Waals surface area (Å²) in [5.41, 5.74) is 3.05. The van der Waals surface area contributed by atoms with Gasteiger partial charge in [0.2, 0.25) is 5.13 Å². The molecule has 1 amide bonds. The summed E-state index contributed by atoms with van der Waals surface area (Å²) in [5.74, 6) is 0.864. The maximum absolute atomic E-state index is 13.1. The predicted octanol–water partition coefficient (Wildman–Crippen LogP) is 5.71. The quantitative estimate of drug-likeness (QED) is 0.340. The fraction of sp³-hybridized carbons (Fsp3) is 0.182. The summed E-state index contributed by atoms with van der Waals surface area (Å²) in [5, 5.41) is 20.5. The Morgan fingerprint density at radius 2 is 2.09 bits per heavy atom. The van der Waals surface area contributed by atoms with E-state index in [1.165, 1.54) is 28.7 Å². The molecule has 5 rings (SSSR count). The molecule has 0 fully saturated rings. The largest absolute Gasteiger partial charge is 0.467 e. The number of hydrogen-bond acceptors (Lipinski definition) is 9. The Labute approximate surface area is 197 Å². The zero-order valence-electron chi connectivity index (χ0n) is 17.1. The van der Waals surface area contributed by atoms with E-state index in [1.807, 2.05) is 60.8 Å². The van der Waals surface area contributed by atoms with Crippen molar-refractivity contribution in [2.45, 2.75) is 23.7 Å². The molecule has 0 radical (unpaired) electrons. The standard InChI is InChI=1S/C22H19N5O2S3/c1-14-6-8-15(9-7-14)23-21-24-25-22(32-21)31-13-20(28)27-17(18-4-2-10-29-18)12-16(26-27)19-5-3-11-30-19/h2-11,17H,12-13H2,1H3,(H,23,24). The smallest absolute Gasteiger partial charge is 0.253 e. The molecule has 162 valence electrons. The van der Waals surface area contributed by atoms with Gasteiger partial charge in [0, 0.05) is 12.1 Å². The van der Waals surface area contributed by atoms with E-state index in [1.54, 1.807) is 22.6 Å². The maximum Gasteiger partial charge on any atom is 0.253 e. The van der Waals surface area contributed by atoms with Crippen LogP contribution >= 0.6 is 34.4 Å². The van der Waals surface area contributed by atoms with Crippen molar-refractivity contribution in [1.29, 1.82) is 0 Å². The fourth-order valence-electron chi connectivity index (χ4n) is 3.30. The first-order chi connectivity index (χ1) is 15.7. The monoisotopic (exact) mass is 481 g/mol. The number of rotatable bonds is 7. The number of nitrogens with one attached hydrogen (secondary N) is 1. The molecule has 1 unspecified atom stereocenters. The van der Waals surface area contributed by atoms with Crippen molar-refractivity contribution >= 4 is 56.9 Å². The summed E-state index contributed by atoms with van der Waals surface area (Å²) in [6.45, 7) is 2.05. The van der Waals surface area contributed by atoms with Crippen molar-refractivity contribution in [1.82, 2.24) is 15.2 Å². The van der Waals surface area contributed by atoms with E-state index in [0.717, 1.165) is 26.4 Å². The molecule has 7 nitrogen and oxygen atoms in total. The van der Waals surface area contributed by atoms with Crippen LogP contribution in [0.5, 0.6) is 0 Å². The Balaban J connectivity index is 1.25. The molecule has 0 saturated heterocycles. The Kier molecular flexibility index (Phi) is 6.06. The van der Waals surface area contributed by atoms with Crippen LogP contribution in [0.25, 0.3) is 0 Å². The van der Waals surface area contributed by atoms with Crippen LogP contribution in [-0.4, -0.2) is 32.6 Å². The van der Waals surface area contributed by atoms with Gasteiger partial charge in [-0.15, -0.1) is 21.5 Å². The van der Waals surface area contributed by atoms with Gasteiger partial charge in [0.1, 0.15) is 11.8 Å². The van der Waals surface area contributed by atoms with E-state index >= 15 is 0 Å². The number of aryl methyl sites for hydroxylation is 1. The molecule has 1 aliphatic rings. The summed E-state index contributed by atoms with van der Waals surface area (Å²) < 4.78 is 6.32. The zero-order valence-corrected chi connectivity index (χ0v) is 19.5. The second-order valence-electron chi connectivity index (χ2n) is 7.15. The second kappa shape index (κ2) is 9.27. The molecular formula is C22H19N5O2S3. The SMILES string of the molecule is Cc1ccc(Nc2nnc(SCC(=O)N3N=C(c4cccs4)CC3c3ccco3)s2)cc1. The molecule has 0 saturated carbocycles. The van der Waals surface area contributed by atoms with Gasteiger partial charge in [-0.25, -0.2) is 5.01 Å². The molecule has 0 aliphatic carbocycles. The van der Waals surface area contributed by atoms with Gasteiger partial charge < -0.3 is 9.73 Å². The summed E-state index contributed by atoms with van der Waals surface area (Å²) in [6.07, 6.45) is 2.26. The van der Waals surface area contributed by atoms with Crippen molar-refractivity contribution in [2.75, 3.05) is 11.1 Å². The highest BCUT2D eigenvalue weighted by molar-refractivity contribution is 8.01. The third-order valence-electron chi connectivity index (χ3n) is 4.87. The number of hydrogen-bond donors (Lipinski definition) is 1. The van der Waals surface area contributed by atoms with Crippen LogP contribution in [0.15, 0.2) is 74.0 Å². The third-order valence-corrected chi connectivity index (χ3v) is 7.75. The van der Waals surface area contributed by atoms with Crippen LogP contribution in [0, 0.1) is 6.92 Å². The first-order valence-corrected chi connectivity index (χ1v) is 12.6. The molecule has 32 heavy (non-hydrogen) atoms. The number of carbonyl (C=O) groups is 1. The number of amides is 1. The van der Waals surface area contributed by atoms with E-state index in [4.69, 9.17) is 4.42 Å². The average molecular weight is 482 g/mol.